The molecule has 11 heavy (non-hydrogen) atoms. The molecule has 0 saturated heterocycles. The van der Waals surface area contributed by atoms with E-state index in [-0.39, 0.29) is 12.4 Å². The molecule has 0 amide bonds. The van der Waals surface area contributed by atoms with Gasteiger partial charge in [-0.2, -0.15) is 0 Å². The van der Waals surface area contributed by atoms with E-state index in [9.17, 15) is 0 Å². The van der Waals surface area contributed by atoms with Crippen LogP contribution in [0.4, 0.5) is 5.82 Å². The fourth-order valence-corrected chi connectivity index (χ4v) is 1.56. The Labute approximate surface area is 73.7 Å². The molecular formula is C6H6ClN3S. The third-order valence-corrected chi connectivity index (χ3v) is 2.20. The van der Waals surface area contributed by atoms with Gasteiger partial charge in [-0.05, 0) is 11.4 Å². The van der Waals surface area contributed by atoms with E-state index in [2.05, 4.69) is 9.97 Å². The van der Waals surface area contributed by atoms with Gasteiger partial charge in [0.2, 0.25) is 0 Å². The van der Waals surface area contributed by atoms with Crippen molar-refractivity contribution in [3.05, 3.63) is 17.8 Å². The van der Waals surface area contributed by atoms with Gasteiger partial charge in [0.15, 0.2) is 0 Å². The highest BCUT2D eigenvalue weighted by atomic mass is 35.5. The van der Waals surface area contributed by atoms with Gasteiger partial charge in [0, 0.05) is 0 Å². The van der Waals surface area contributed by atoms with Crippen LogP contribution < -0.4 is 5.73 Å². The molecule has 0 bridgehead atoms. The monoisotopic (exact) mass is 187 g/mol. The fraction of sp³-hybridized carbons (Fsp3) is 0. The predicted molar refractivity (Wildman–Crippen MR) is 49.1 cm³/mol. The Bertz CT molecular complexity index is 359. The summed E-state index contributed by atoms with van der Waals surface area (Å²) in [5.41, 5.74) is 6.49. The molecule has 0 spiro atoms. The van der Waals surface area contributed by atoms with E-state index in [0.717, 1.165) is 10.2 Å². The number of aromatic nitrogens is 2. The summed E-state index contributed by atoms with van der Waals surface area (Å²) in [7, 11) is 0. The molecule has 0 radical (unpaired) electrons. The van der Waals surface area contributed by atoms with Crippen LogP contribution in [0, 0.1) is 0 Å². The van der Waals surface area contributed by atoms with E-state index < -0.39 is 0 Å². The second-order valence-corrected chi connectivity index (χ2v) is 2.81. The topological polar surface area (TPSA) is 51.8 Å². The van der Waals surface area contributed by atoms with E-state index in [0.29, 0.717) is 5.82 Å². The van der Waals surface area contributed by atoms with Crippen molar-refractivity contribution in [1.82, 2.24) is 9.97 Å². The lowest BCUT2D eigenvalue weighted by molar-refractivity contribution is 1.24. The van der Waals surface area contributed by atoms with Gasteiger partial charge in [0.25, 0.3) is 0 Å². The van der Waals surface area contributed by atoms with Crippen LogP contribution in [0.3, 0.4) is 0 Å². The highest BCUT2D eigenvalue weighted by Crippen LogP contribution is 2.21. The predicted octanol–water partition coefficient (Wildman–Crippen LogP) is 1.70. The van der Waals surface area contributed by atoms with E-state index in [1.807, 2.05) is 11.4 Å². The van der Waals surface area contributed by atoms with Gasteiger partial charge in [-0.25, -0.2) is 9.97 Å². The summed E-state index contributed by atoms with van der Waals surface area (Å²) in [6.45, 7) is 0. The van der Waals surface area contributed by atoms with Gasteiger partial charge in [0.1, 0.15) is 12.1 Å². The molecule has 0 aromatic carbocycles. The lowest BCUT2D eigenvalue weighted by Crippen LogP contribution is -1.89. The molecule has 0 aliphatic rings. The molecule has 5 heteroatoms. The summed E-state index contributed by atoms with van der Waals surface area (Å²) >= 11 is 1.56. The molecule has 2 aromatic rings. The minimum atomic E-state index is 0. The minimum Gasteiger partial charge on any atom is -0.382 e. The number of nitrogen functional groups attached to an aromatic ring is 1. The quantitative estimate of drug-likeness (QED) is 0.683. The Morgan fingerprint density at radius 3 is 2.91 bits per heavy atom. The van der Waals surface area contributed by atoms with Crippen LogP contribution in [0.2, 0.25) is 0 Å². The van der Waals surface area contributed by atoms with Gasteiger partial charge in [-0.1, -0.05) is 0 Å². The summed E-state index contributed by atoms with van der Waals surface area (Å²) in [6.07, 6.45) is 1.48. The third-order valence-electron chi connectivity index (χ3n) is 1.27. The first kappa shape index (κ1) is 8.23. The average Bonchev–Trinajstić information content (AvgIpc) is 2.36. The van der Waals surface area contributed by atoms with Crippen LogP contribution in [0.25, 0.3) is 10.2 Å². The van der Waals surface area contributed by atoms with E-state index >= 15 is 0 Å². The lowest BCUT2D eigenvalue weighted by Gasteiger charge is -1.90. The van der Waals surface area contributed by atoms with Crippen LogP contribution in [-0.2, 0) is 0 Å². The first-order chi connectivity index (χ1) is 4.88. The van der Waals surface area contributed by atoms with E-state index in [4.69, 9.17) is 5.73 Å². The van der Waals surface area contributed by atoms with Crippen LogP contribution >= 0.6 is 23.7 Å². The Kier molecular flexibility index (Phi) is 2.26. The standard InChI is InChI=1S/C6H5N3S.ClH/c7-6-5-4(1-2-10-5)8-3-9-6;/h1-3H,(H2,7,8,9);1H. The van der Waals surface area contributed by atoms with Crippen LogP contribution in [0.5, 0.6) is 0 Å². The zero-order valence-electron chi connectivity index (χ0n) is 5.52. The second kappa shape index (κ2) is 3.02. The Balaban J connectivity index is 0.000000605. The third kappa shape index (κ3) is 1.27. The van der Waals surface area contributed by atoms with E-state index in [1.54, 1.807) is 11.3 Å². The number of rotatable bonds is 0. The summed E-state index contributed by atoms with van der Waals surface area (Å²) in [5.74, 6) is 0.569. The molecular weight excluding hydrogens is 182 g/mol. The largest absolute Gasteiger partial charge is 0.382 e. The molecule has 2 aromatic heterocycles. The summed E-state index contributed by atoms with van der Waals surface area (Å²) in [6, 6.07) is 1.93. The second-order valence-electron chi connectivity index (χ2n) is 1.89. The number of hydrogen-bond acceptors (Lipinski definition) is 4. The highest BCUT2D eigenvalue weighted by Gasteiger charge is 1.98. The number of nitrogens with zero attached hydrogens (tertiary/aromatic N) is 2. The summed E-state index contributed by atoms with van der Waals surface area (Å²) < 4.78 is 0.975. The molecule has 0 aliphatic heterocycles. The number of fused-ring (bicyclic) bond motifs is 1. The first-order valence-electron chi connectivity index (χ1n) is 2.81. The molecule has 3 nitrogen and oxygen atoms in total. The molecule has 0 fully saturated rings. The van der Waals surface area contributed by atoms with Crippen molar-refractivity contribution >= 4 is 39.8 Å². The molecule has 0 unspecified atom stereocenters. The molecule has 0 atom stereocenters. The minimum absolute atomic E-state index is 0. The zero-order chi connectivity index (χ0) is 6.97. The smallest absolute Gasteiger partial charge is 0.144 e. The number of anilines is 1. The average molecular weight is 188 g/mol. The van der Waals surface area contributed by atoms with Gasteiger partial charge < -0.3 is 5.73 Å². The molecule has 2 N–H and O–H groups in total. The fourth-order valence-electron chi connectivity index (χ4n) is 0.808. The Hall–Kier alpha value is -0.870. The maximum absolute atomic E-state index is 5.56. The summed E-state index contributed by atoms with van der Waals surface area (Å²) in [4.78, 5) is 7.88. The van der Waals surface area contributed by atoms with Crippen molar-refractivity contribution in [2.24, 2.45) is 0 Å². The number of nitrogens with two attached hydrogens (primary N) is 1. The maximum atomic E-state index is 5.56. The molecule has 0 saturated carbocycles. The van der Waals surface area contributed by atoms with E-state index in [1.165, 1.54) is 6.33 Å². The van der Waals surface area contributed by atoms with Crippen molar-refractivity contribution in [1.29, 1.82) is 0 Å². The number of hydrogen-bond donors (Lipinski definition) is 1. The van der Waals surface area contributed by atoms with Gasteiger partial charge in [-0.3, -0.25) is 0 Å². The SMILES string of the molecule is Cl.Nc1ncnc2ccsc12. The van der Waals surface area contributed by atoms with Gasteiger partial charge in [-0.15, -0.1) is 23.7 Å². The first-order valence-corrected chi connectivity index (χ1v) is 3.69. The normalized spacial score (nSPS) is 9.45. The molecule has 58 valence electrons. The highest BCUT2D eigenvalue weighted by molar-refractivity contribution is 7.17. The number of thiophene rings is 1. The van der Waals surface area contributed by atoms with Crippen molar-refractivity contribution in [3.8, 4) is 0 Å². The van der Waals surface area contributed by atoms with Crippen molar-refractivity contribution in [2.75, 3.05) is 5.73 Å². The van der Waals surface area contributed by atoms with Gasteiger partial charge in [0.05, 0.1) is 10.2 Å². The van der Waals surface area contributed by atoms with Crippen molar-refractivity contribution in [3.63, 3.8) is 0 Å². The van der Waals surface area contributed by atoms with Crippen LogP contribution in [-0.4, -0.2) is 9.97 Å². The molecule has 2 rings (SSSR count). The van der Waals surface area contributed by atoms with Gasteiger partial charge >= 0.3 is 0 Å². The lowest BCUT2D eigenvalue weighted by atomic mass is 10.4. The maximum Gasteiger partial charge on any atom is 0.144 e. The Morgan fingerprint density at radius 1 is 1.36 bits per heavy atom. The molecule has 2 heterocycles. The molecule has 0 aliphatic carbocycles. The zero-order valence-corrected chi connectivity index (χ0v) is 7.15. The number of halogens is 1. The van der Waals surface area contributed by atoms with Crippen LogP contribution in [0.1, 0.15) is 0 Å². The Morgan fingerprint density at radius 2 is 2.18 bits per heavy atom. The van der Waals surface area contributed by atoms with Crippen molar-refractivity contribution < 1.29 is 0 Å². The summed E-state index contributed by atoms with van der Waals surface area (Å²) in [5, 5.41) is 1.95. The van der Waals surface area contributed by atoms with Crippen molar-refractivity contribution in [2.45, 2.75) is 0 Å². The van der Waals surface area contributed by atoms with Crippen LogP contribution in [0.15, 0.2) is 17.8 Å².